The number of aliphatic carboxylic acids is 1. The van der Waals surface area contributed by atoms with Gasteiger partial charge in [0.25, 0.3) is 0 Å². The van der Waals surface area contributed by atoms with Gasteiger partial charge in [-0.2, -0.15) is 12.6 Å². The summed E-state index contributed by atoms with van der Waals surface area (Å²) in [6, 6.07) is 15.7. The van der Waals surface area contributed by atoms with Crippen LogP contribution in [0.2, 0.25) is 0 Å². The maximum atomic E-state index is 13.1. The van der Waals surface area contributed by atoms with Crippen molar-refractivity contribution >= 4 is 42.1 Å². The van der Waals surface area contributed by atoms with Crippen molar-refractivity contribution in [2.24, 2.45) is 0 Å². The first-order chi connectivity index (χ1) is 14.3. The monoisotopic (exact) mass is 446 g/mol. The molecule has 0 aromatic heterocycles. The lowest BCUT2D eigenvalue weighted by Crippen LogP contribution is -2.48. The highest BCUT2D eigenvalue weighted by Crippen LogP contribution is 2.45. The second-order valence-corrected chi connectivity index (χ2v) is 8.91. The average molecular weight is 447 g/mol. The van der Waals surface area contributed by atoms with Gasteiger partial charge in [0.1, 0.15) is 11.0 Å². The van der Waals surface area contributed by atoms with E-state index in [0.717, 1.165) is 17.3 Å². The van der Waals surface area contributed by atoms with Crippen molar-refractivity contribution in [2.75, 3.05) is 13.1 Å². The van der Waals surface area contributed by atoms with Crippen LogP contribution in [0.4, 0.5) is 0 Å². The number of carboxylic acids is 1. The Labute approximate surface area is 183 Å². The van der Waals surface area contributed by atoms with Gasteiger partial charge < -0.3 is 15.5 Å². The molecule has 2 aromatic rings. The summed E-state index contributed by atoms with van der Waals surface area (Å²) in [5.41, 5.74) is 1.21. The number of nitrogens with one attached hydrogen (secondary N) is 2. The van der Waals surface area contributed by atoms with Gasteiger partial charge in [0.05, 0.1) is 11.8 Å². The minimum absolute atomic E-state index is 0.0528. The van der Waals surface area contributed by atoms with E-state index >= 15 is 0 Å². The molecule has 1 fully saturated rings. The summed E-state index contributed by atoms with van der Waals surface area (Å²) in [6.07, 6.45) is 0.405. The molecule has 1 heterocycles. The van der Waals surface area contributed by atoms with Gasteiger partial charge in [0.15, 0.2) is 10.7 Å². The van der Waals surface area contributed by atoms with Gasteiger partial charge in [-0.25, -0.2) is 0 Å². The van der Waals surface area contributed by atoms with E-state index in [2.05, 4.69) is 23.3 Å². The number of thiol groups is 1. The van der Waals surface area contributed by atoms with E-state index < -0.39 is 33.0 Å². The van der Waals surface area contributed by atoms with E-state index in [4.69, 9.17) is 0 Å². The second kappa shape index (κ2) is 9.55. The van der Waals surface area contributed by atoms with Crippen molar-refractivity contribution < 1.29 is 24.6 Å². The highest BCUT2D eigenvalue weighted by Gasteiger charge is 2.50. The normalized spacial score (nSPS) is 21.7. The molecule has 3 unspecified atom stereocenters. The number of thioether (sulfide) groups is 1. The molecule has 1 aliphatic rings. The summed E-state index contributed by atoms with van der Waals surface area (Å²) in [4.78, 5) is 35.6. The summed E-state index contributed by atoms with van der Waals surface area (Å²) in [7, 11) is 0. The van der Waals surface area contributed by atoms with Gasteiger partial charge in [-0.15, -0.1) is 11.8 Å². The molecule has 0 radical (unpaired) electrons. The number of para-hydroxylation sites is 1. The molecule has 0 saturated carbocycles. The zero-order valence-corrected chi connectivity index (χ0v) is 17.7. The van der Waals surface area contributed by atoms with Gasteiger partial charge in [-0.3, -0.25) is 19.7 Å². The first kappa shape index (κ1) is 22.2. The minimum Gasteiger partial charge on any atom is -0.508 e. The van der Waals surface area contributed by atoms with Crippen LogP contribution in [0.15, 0.2) is 54.6 Å². The average Bonchev–Trinajstić information content (AvgIpc) is 3.19. The zero-order chi connectivity index (χ0) is 21.7. The quantitative estimate of drug-likeness (QED) is 0.391. The molecule has 2 aromatic carbocycles. The minimum atomic E-state index is -1.47. The number of hydrogen-bond acceptors (Lipinski definition) is 7. The van der Waals surface area contributed by atoms with Crippen LogP contribution in [-0.2, 0) is 25.7 Å². The number of aromatic hydroxyl groups is 1. The third-order valence-electron chi connectivity index (χ3n) is 4.80. The fraction of sp³-hybridized carbons (Fsp3) is 0.286. The Kier molecular flexibility index (Phi) is 7.06. The topological polar surface area (TPSA) is 116 Å². The van der Waals surface area contributed by atoms with E-state index in [9.17, 15) is 24.6 Å². The second-order valence-electron chi connectivity index (χ2n) is 6.87. The van der Waals surface area contributed by atoms with Gasteiger partial charge in [-0.05, 0) is 18.1 Å². The number of benzene rings is 2. The summed E-state index contributed by atoms with van der Waals surface area (Å²) in [5.74, 6) is -2.04. The molecule has 1 aliphatic heterocycles. The predicted octanol–water partition coefficient (Wildman–Crippen LogP) is 1.56. The summed E-state index contributed by atoms with van der Waals surface area (Å²) < 4.78 is 0. The fourth-order valence-corrected chi connectivity index (χ4v) is 4.92. The van der Waals surface area contributed by atoms with Crippen molar-refractivity contribution in [3.8, 4) is 5.75 Å². The van der Waals surface area contributed by atoms with Crippen LogP contribution >= 0.6 is 24.4 Å². The lowest BCUT2D eigenvalue weighted by molar-refractivity contribution is -0.136. The molecule has 9 heteroatoms. The highest BCUT2D eigenvalue weighted by molar-refractivity contribution is 8.02. The number of amides is 1. The Hall–Kier alpha value is -2.49. The largest absolute Gasteiger partial charge is 0.508 e. The molecule has 0 spiro atoms. The van der Waals surface area contributed by atoms with Gasteiger partial charge >= 0.3 is 5.97 Å². The molecule has 30 heavy (non-hydrogen) atoms. The van der Waals surface area contributed by atoms with E-state index in [1.54, 1.807) is 18.2 Å². The fourth-order valence-electron chi connectivity index (χ4n) is 3.26. The van der Waals surface area contributed by atoms with Gasteiger partial charge in [-0.1, -0.05) is 48.5 Å². The van der Waals surface area contributed by atoms with Gasteiger partial charge in [0.2, 0.25) is 5.91 Å². The first-order valence-electron chi connectivity index (χ1n) is 9.30. The lowest BCUT2D eigenvalue weighted by atomic mass is 10.00. The van der Waals surface area contributed by atoms with Crippen LogP contribution in [0.25, 0.3) is 0 Å². The van der Waals surface area contributed by atoms with Crippen molar-refractivity contribution in [3.63, 3.8) is 0 Å². The third-order valence-corrected chi connectivity index (χ3v) is 6.82. The van der Waals surface area contributed by atoms with Gasteiger partial charge in [0, 0.05) is 12.1 Å². The molecular formula is C21H22N2O5S2. The molecule has 3 atom stereocenters. The molecule has 158 valence electrons. The maximum Gasteiger partial charge on any atom is 0.318 e. The van der Waals surface area contributed by atoms with Crippen molar-refractivity contribution in [1.29, 1.82) is 0 Å². The van der Waals surface area contributed by atoms with Crippen LogP contribution in [-0.4, -0.2) is 51.5 Å². The van der Waals surface area contributed by atoms with Crippen LogP contribution < -0.4 is 10.6 Å². The number of Topliss-reactive ketones (excluding diaryl/α,β-unsaturated/α-hetero) is 1. The zero-order valence-electron chi connectivity index (χ0n) is 15.9. The smallest absolute Gasteiger partial charge is 0.318 e. The molecule has 1 saturated heterocycles. The Morgan fingerprint density at radius 2 is 1.83 bits per heavy atom. The van der Waals surface area contributed by atoms with E-state index in [1.165, 1.54) is 6.07 Å². The van der Waals surface area contributed by atoms with Crippen LogP contribution in [0.1, 0.15) is 11.1 Å². The number of hydrogen-bond donors (Lipinski definition) is 5. The summed E-state index contributed by atoms with van der Waals surface area (Å²) in [6.45, 7) is -0.275. The summed E-state index contributed by atoms with van der Waals surface area (Å²) >= 11 is 5.25. The van der Waals surface area contributed by atoms with E-state index in [1.807, 2.05) is 30.3 Å². The molecule has 3 rings (SSSR count). The predicted molar refractivity (Wildman–Crippen MR) is 118 cm³/mol. The van der Waals surface area contributed by atoms with Crippen molar-refractivity contribution in [3.05, 3.63) is 65.7 Å². The number of carbonyl (C=O) groups excluding carboxylic acids is 2. The molecular weight excluding hydrogens is 424 g/mol. The first-order valence-corrected chi connectivity index (χ1v) is 10.7. The number of rotatable bonds is 8. The molecule has 1 amide bonds. The number of carboxylic acid groups (broad SMARTS) is 1. The van der Waals surface area contributed by atoms with Crippen LogP contribution in [0.5, 0.6) is 5.75 Å². The number of phenols is 1. The third kappa shape index (κ3) is 4.80. The number of ketones is 1. The highest BCUT2D eigenvalue weighted by atomic mass is 32.2. The van der Waals surface area contributed by atoms with Crippen LogP contribution in [0.3, 0.4) is 0 Å². The maximum absolute atomic E-state index is 13.1. The number of phenolic OH excluding ortho intramolecular Hbond substituents is 1. The molecule has 0 bridgehead atoms. The lowest BCUT2D eigenvalue weighted by Gasteiger charge is -2.28. The molecule has 0 aliphatic carbocycles. The Bertz CT molecular complexity index is 940. The molecule has 7 nitrogen and oxygen atoms in total. The van der Waals surface area contributed by atoms with E-state index in [0.29, 0.717) is 6.42 Å². The Morgan fingerprint density at radius 1 is 1.17 bits per heavy atom. The standard InChI is InChI=1S/C21H22N2O5S2/c24-15-9-5-4-8-14(15)21(23-11-17(30-21)20(27)28)18(25)12-22-19(26)16(29)10-13-6-2-1-3-7-13/h1-9,16-17,23-24,29H,10-12H2,(H,22,26)(H,27,28). The van der Waals surface area contributed by atoms with Crippen molar-refractivity contribution in [2.45, 2.75) is 21.8 Å². The van der Waals surface area contributed by atoms with Crippen molar-refractivity contribution in [1.82, 2.24) is 10.6 Å². The Balaban J connectivity index is 1.72. The van der Waals surface area contributed by atoms with Crippen LogP contribution in [0, 0.1) is 0 Å². The van der Waals surface area contributed by atoms with E-state index in [-0.39, 0.29) is 24.4 Å². The Morgan fingerprint density at radius 3 is 2.47 bits per heavy atom. The number of carbonyl (C=O) groups is 3. The summed E-state index contributed by atoms with van der Waals surface area (Å²) in [5, 5.41) is 23.7. The molecule has 4 N–H and O–H groups in total. The SMILES string of the molecule is O=C(NCC(=O)C1(c2ccccc2O)NCC(C(=O)O)S1)C(S)Cc1ccccc1.